The molecule has 1 aliphatic rings. The molecule has 0 aromatic heterocycles. The van der Waals surface area contributed by atoms with Crippen molar-refractivity contribution in [1.29, 1.82) is 0 Å². The zero-order valence-electron chi connectivity index (χ0n) is 10.2. The van der Waals surface area contributed by atoms with Gasteiger partial charge in [-0.2, -0.15) is 0 Å². The van der Waals surface area contributed by atoms with Gasteiger partial charge in [0, 0.05) is 24.8 Å². The quantitative estimate of drug-likeness (QED) is 0.826. The van der Waals surface area contributed by atoms with Crippen molar-refractivity contribution in [3.63, 3.8) is 0 Å². The first-order chi connectivity index (χ1) is 7.77. The third-order valence-electron chi connectivity index (χ3n) is 3.37. The number of hydrogen-bond acceptors (Lipinski definition) is 2. The summed E-state index contributed by atoms with van der Waals surface area (Å²) in [6.45, 7) is 4.44. The first kappa shape index (κ1) is 11.5. The molecule has 0 spiro atoms. The molecule has 1 aromatic carbocycles. The molecule has 16 heavy (non-hydrogen) atoms. The number of anilines is 1. The molecule has 2 nitrogen and oxygen atoms in total. The van der Waals surface area contributed by atoms with E-state index in [1.807, 2.05) is 6.92 Å². The van der Waals surface area contributed by atoms with Crippen LogP contribution in [0.1, 0.15) is 44.2 Å². The fourth-order valence-corrected chi connectivity index (χ4v) is 2.33. The summed E-state index contributed by atoms with van der Waals surface area (Å²) in [5.41, 5.74) is 8.51. The average molecular weight is 218 g/mol. The largest absolute Gasteiger partial charge is 0.372 e. The van der Waals surface area contributed by atoms with Crippen molar-refractivity contribution in [2.45, 2.75) is 38.6 Å². The summed E-state index contributed by atoms with van der Waals surface area (Å²) in [6.07, 6.45) is 5.40. The van der Waals surface area contributed by atoms with Crippen LogP contribution in [-0.2, 0) is 0 Å². The molecule has 2 rings (SSSR count). The molecule has 1 atom stereocenters. The molecule has 1 aromatic rings. The smallest absolute Gasteiger partial charge is 0.0369 e. The maximum atomic E-state index is 5.92. The lowest BCUT2D eigenvalue weighted by molar-refractivity contribution is 0.726. The van der Waals surface area contributed by atoms with Gasteiger partial charge in [-0.05, 0) is 37.5 Å². The van der Waals surface area contributed by atoms with Gasteiger partial charge in [0.05, 0.1) is 0 Å². The fraction of sp³-hybridized carbons (Fsp3) is 0.571. The summed E-state index contributed by atoms with van der Waals surface area (Å²) in [5, 5.41) is 0. The van der Waals surface area contributed by atoms with E-state index in [4.69, 9.17) is 5.73 Å². The van der Waals surface area contributed by atoms with Crippen molar-refractivity contribution in [3.05, 3.63) is 29.8 Å². The lowest BCUT2D eigenvalue weighted by atomic mass is 10.1. The van der Waals surface area contributed by atoms with Crippen molar-refractivity contribution >= 4 is 5.69 Å². The summed E-state index contributed by atoms with van der Waals surface area (Å²) in [7, 11) is 0. The van der Waals surface area contributed by atoms with E-state index >= 15 is 0 Å². The number of benzene rings is 1. The van der Waals surface area contributed by atoms with Crippen molar-refractivity contribution in [2.75, 3.05) is 18.0 Å². The average Bonchev–Trinajstić information content (AvgIpc) is 2.57. The molecule has 2 heteroatoms. The highest BCUT2D eigenvalue weighted by molar-refractivity contribution is 5.49. The molecule has 1 saturated heterocycles. The van der Waals surface area contributed by atoms with Gasteiger partial charge in [-0.25, -0.2) is 0 Å². The van der Waals surface area contributed by atoms with Gasteiger partial charge in [-0.1, -0.05) is 25.0 Å². The second kappa shape index (κ2) is 5.35. The second-order valence-corrected chi connectivity index (χ2v) is 4.78. The molecule has 1 aliphatic heterocycles. The summed E-state index contributed by atoms with van der Waals surface area (Å²) in [6, 6.07) is 8.82. The van der Waals surface area contributed by atoms with E-state index in [2.05, 4.69) is 29.2 Å². The molecule has 0 aliphatic carbocycles. The second-order valence-electron chi connectivity index (χ2n) is 4.78. The molecule has 0 bridgehead atoms. The Labute approximate surface area is 98.4 Å². The van der Waals surface area contributed by atoms with Crippen LogP contribution < -0.4 is 10.6 Å². The standard InChI is InChI=1S/C14H22N2/c1-12(15)13-7-6-8-14(11-13)16-9-4-2-3-5-10-16/h6-8,11-12H,2-5,9-10,15H2,1H3. The molecule has 1 fully saturated rings. The first-order valence-corrected chi connectivity index (χ1v) is 6.38. The predicted octanol–water partition coefficient (Wildman–Crippen LogP) is 3.09. The van der Waals surface area contributed by atoms with Crippen molar-refractivity contribution in [3.8, 4) is 0 Å². The Kier molecular flexibility index (Phi) is 3.83. The maximum Gasteiger partial charge on any atom is 0.0369 e. The molecule has 88 valence electrons. The van der Waals surface area contributed by atoms with Crippen molar-refractivity contribution in [2.24, 2.45) is 5.73 Å². The summed E-state index contributed by atoms with van der Waals surface area (Å²) < 4.78 is 0. The fourth-order valence-electron chi connectivity index (χ4n) is 2.33. The third-order valence-corrected chi connectivity index (χ3v) is 3.37. The van der Waals surface area contributed by atoms with Gasteiger partial charge < -0.3 is 10.6 Å². The van der Waals surface area contributed by atoms with Gasteiger partial charge in [-0.3, -0.25) is 0 Å². The van der Waals surface area contributed by atoms with E-state index in [1.54, 1.807) is 0 Å². The highest BCUT2D eigenvalue weighted by Gasteiger charge is 2.10. The molecule has 1 unspecified atom stereocenters. The summed E-state index contributed by atoms with van der Waals surface area (Å²) in [4.78, 5) is 2.50. The Morgan fingerprint density at radius 3 is 2.44 bits per heavy atom. The molecule has 0 amide bonds. The Morgan fingerprint density at radius 2 is 1.81 bits per heavy atom. The lowest BCUT2D eigenvalue weighted by Gasteiger charge is -2.23. The van der Waals surface area contributed by atoms with Crippen LogP contribution in [0.15, 0.2) is 24.3 Å². The van der Waals surface area contributed by atoms with Gasteiger partial charge in [0.25, 0.3) is 0 Å². The van der Waals surface area contributed by atoms with Crippen LogP contribution in [0.2, 0.25) is 0 Å². The molecule has 2 N–H and O–H groups in total. The van der Waals surface area contributed by atoms with Crippen LogP contribution >= 0.6 is 0 Å². The van der Waals surface area contributed by atoms with Gasteiger partial charge in [0.1, 0.15) is 0 Å². The first-order valence-electron chi connectivity index (χ1n) is 6.38. The molecule has 0 saturated carbocycles. The lowest BCUT2D eigenvalue weighted by Crippen LogP contribution is -2.24. The van der Waals surface area contributed by atoms with Crippen LogP contribution in [0, 0.1) is 0 Å². The van der Waals surface area contributed by atoms with E-state index in [0.29, 0.717) is 0 Å². The molecular formula is C14H22N2. The normalized spacial score (nSPS) is 19.2. The van der Waals surface area contributed by atoms with E-state index in [9.17, 15) is 0 Å². The summed E-state index contributed by atoms with van der Waals surface area (Å²) >= 11 is 0. The van der Waals surface area contributed by atoms with Crippen LogP contribution in [0.5, 0.6) is 0 Å². The molecule has 1 heterocycles. The van der Waals surface area contributed by atoms with Crippen LogP contribution in [0.3, 0.4) is 0 Å². The topological polar surface area (TPSA) is 29.3 Å². The van der Waals surface area contributed by atoms with E-state index in [1.165, 1.54) is 50.0 Å². The predicted molar refractivity (Wildman–Crippen MR) is 69.7 cm³/mol. The van der Waals surface area contributed by atoms with Crippen molar-refractivity contribution in [1.82, 2.24) is 0 Å². The Balaban J connectivity index is 2.15. The maximum absolute atomic E-state index is 5.92. The van der Waals surface area contributed by atoms with Crippen LogP contribution in [0.4, 0.5) is 5.69 Å². The highest BCUT2D eigenvalue weighted by atomic mass is 15.1. The van der Waals surface area contributed by atoms with Crippen LogP contribution in [0.25, 0.3) is 0 Å². The SMILES string of the molecule is CC(N)c1cccc(N2CCCCCC2)c1. The van der Waals surface area contributed by atoms with E-state index in [-0.39, 0.29) is 6.04 Å². The van der Waals surface area contributed by atoms with Gasteiger partial charge in [0.2, 0.25) is 0 Å². The Bertz CT molecular complexity index is 325. The number of nitrogens with two attached hydrogens (primary N) is 1. The molecule has 0 radical (unpaired) electrons. The van der Waals surface area contributed by atoms with Gasteiger partial charge >= 0.3 is 0 Å². The minimum absolute atomic E-state index is 0.131. The Morgan fingerprint density at radius 1 is 1.12 bits per heavy atom. The minimum Gasteiger partial charge on any atom is -0.372 e. The van der Waals surface area contributed by atoms with Crippen molar-refractivity contribution < 1.29 is 0 Å². The zero-order chi connectivity index (χ0) is 11.4. The minimum atomic E-state index is 0.131. The molecular weight excluding hydrogens is 196 g/mol. The van der Waals surface area contributed by atoms with Gasteiger partial charge in [-0.15, -0.1) is 0 Å². The number of hydrogen-bond donors (Lipinski definition) is 1. The van der Waals surface area contributed by atoms with E-state index in [0.717, 1.165) is 0 Å². The number of rotatable bonds is 2. The Hall–Kier alpha value is -1.02. The number of nitrogens with zero attached hydrogens (tertiary/aromatic N) is 1. The van der Waals surface area contributed by atoms with E-state index < -0.39 is 0 Å². The zero-order valence-corrected chi connectivity index (χ0v) is 10.2. The summed E-state index contributed by atoms with van der Waals surface area (Å²) in [5.74, 6) is 0. The monoisotopic (exact) mass is 218 g/mol. The van der Waals surface area contributed by atoms with Crippen LogP contribution in [-0.4, -0.2) is 13.1 Å². The van der Waals surface area contributed by atoms with Gasteiger partial charge in [0.15, 0.2) is 0 Å². The highest BCUT2D eigenvalue weighted by Crippen LogP contribution is 2.22. The third kappa shape index (κ3) is 2.76.